The van der Waals surface area contributed by atoms with Gasteiger partial charge < -0.3 is 20.1 Å². The highest BCUT2D eigenvalue weighted by Gasteiger charge is 2.32. The van der Waals surface area contributed by atoms with Crippen molar-refractivity contribution in [2.24, 2.45) is 0 Å². The molecular weight excluding hydrogens is 443 g/mol. The molecule has 0 aliphatic rings. The summed E-state index contributed by atoms with van der Waals surface area (Å²) in [5.41, 5.74) is 6.78. The van der Waals surface area contributed by atoms with E-state index in [9.17, 15) is 18.0 Å². The first-order valence-corrected chi connectivity index (χ1v) is 9.52. The Labute approximate surface area is 178 Å². The van der Waals surface area contributed by atoms with Crippen LogP contribution < -0.4 is 20.1 Å². The third kappa shape index (κ3) is 4.77. The van der Waals surface area contributed by atoms with Gasteiger partial charge in [0.25, 0.3) is 0 Å². The lowest BCUT2D eigenvalue weighted by Crippen LogP contribution is -2.17. The maximum absolute atomic E-state index is 12.8. The van der Waals surface area contributed by atoms with Crippen molar-refractivity contribution in [2.45, 2.75) is 6.36 Å². The molecule has 30 heavy (non-hydrogen) atoms. The summed E-state index contributed by atoms with van der Waals surface area (Å²) in [6.07, 6.45) is -4.85. The van der Waals surface area contributed by atoms with Gasteiger partial charge in [0, 0.05) is 18.3 Å². The smallest absolute Gasteiger partial charge is 0.497 e. The van der Waals surface area contributed by atoms with Gasteiger partial charge in [0.2, 0.25) is 5.78 Å². The molecule has 0 spiro atoms. The van der Waals surface area contributed by atoms with E-state index < -0.39 is 12.1 Å². The number of carbonyl (C=O) groups is 1. The Hall–Kier alpha value is -2.98. The highest BCUT2D eigenvalue weighted by Crippen LogP contribution is 2.37. The maximum Gasteiger partial charge on any atom is 0.573 e. The summed E-state index contributed by atoms with van der Waals surface area (Å²) in [4.78, 5) is 18.8. The first-order chi connectivity index (χ1) is 14.1. The van der Waals surface area contributed by atoms with E-state index in [4.69, 9.17) is 22.1 Å². The molecule has 0 fully saturated rings. The number of hydrogen-bond acceptors (Lipinski definition) is 7. The van der Waals surface area contributed by atoms with E-state index in [-0.39, 0.29) is 21.5 Å². The number of nitrogens with zero attached hydrogens (tertiary/aromatic N) is 2. The number of anilines is 3. The van der Waals surface area contributed by atoms with Gasteiger partial charge in [-0.3, -0.25) is 4.79 Å². The fourth-order valence-electron chi connectivity index (χ4n) is 2.52. The van der Waals surface area contributed by atoms with Gasteiger partial charge in [-0.15, -0.1) is 13.2 Å². The minimum Gasteiger partial charge on any atom is -0.497 e. The third-order valence-electron chi connectivity index (χ3n) is 4.02. The molecule has 0 saturated carbocycles. The number of ketones is 1. The number of carbonyl (C=O) groups excluding carboxylic acids is 1. The van der Waals surface area contributed by atoms with Crippen molar-refractivity contribution in [1.82, 2.24) is 4.98 Å². The Bertz CT molecular complexity index is 1070. The van der Waals surface area contributed by atoms with E-state index in [1.54, 1.807) is 36.2 Å². The molecule has 0 aliphatic heterocycles. The van der Waals surface area contributed by atoms with Crippen LogP contribution in [0.4, 0.5) is 29.8 Å². The molecule has 2 N–H and O–H groups in total. The predicted molar refractivity (Wildman–Crippen MR) is 109 cm³/mol. The second kappa shape index (κ2) is 8.41. The van der Waals surface area contributed by atoms with Crippen molar-refractivity contribution < 1.29 is 27.4 Å². The van der Waals surface area contributed by atoms with Crippen LogP contribution in [-0.2, 0) is 0 Å². The first-order valence-electron chi connectivity index (χ1n) is 8.33. The van der Waals surface area contributed by atoms with Crippen LogP contribution in [0.2, 0.25) is 5.02 Å². The summed E-state index contributed by atoms with van der Waals surface area (Å²) in [6, 6.07) is 10.3. The average Bonchev–Trinajstić information content (AvgIpc) is 3.09. The van der Waals surface area contributed by atoms with E-state index in [1.807, 2.05) is 0 Å². The lowest BCUT2D eigenvalue weighted by molar-refractivity contribution is -0.274. The molecule has 0 saturated heterocycles. The highest BCUT2D eigenvalue weighted by atomic mass is 35.5. The molecule has 0 unspecified atom stereocenters. The summed E-state index contributed by atoms with van der Waals surface area (Å²) < 4.78 is 46.1. The fourth-order valence-corrected chi connectivity index (χ4v) is 3.66. The molecule has 11 heteroatoms. The Morgan fingerprint density at radius 2 is 1.87 bits per heavy atom. The number of benzene rings is 2. The largest absolute Gasteiger partial charge is 0.573 e. The number of halogens is 4. The van der Waals surface area contributed by atoms with Crippen LogP contribution in [0.25, 0.3) is 0 Å². The Morgan fingerprint density at radius 3 is 2.43 bits per heavy atom. The number of nitrogen functional groups attached to an aromatic ring is 1. The number of ether oxygens (including phenoxy) is 2. The molecule has 3 aromatic rings. The summed E-state index contributed by atoms with van der Waals surface area (Å²) in [6.45, 7) is 0. The number of nitrogens with two attached hydrogens (primary N) is 1. The number of thiazole rings is 1. The zero-order valence-electron chi connectivity index (χ0n) is 15.7. The predicted octanol–water partition coefficient (Wildman–Crippen LogP) is 5.28. The molecule has 0 amide bonds. The zero-order chi connectivity index (χ0) is 22.1. The van der Waals surface area contributed by atoms with Gasteiger partial charge in [0.1, 0.15) is 22.2 Å². The van der Waals surface area contributed by atoms with Crippen LogP contribution in [0, 0.1) is 0 Å². The summed E-state index contributed by atoms with van der Waals surface area (Å²) >= 11 is 6.95. The number of hydrogen-bond donors (Lipinski definition) is 1. The van der Waals surface area contributed by atoms with E-state index in [0.29, 0.717) is 22.1 Å². The standard InChI is InChI=1S/C19H15ClF3N3O3S/c1-26(11-5-8-14(13(20)9-11)29-19(21,22)23)18-25-17(24)16(30-18)15(27)10-3-6-12(28-2)7-4-10/h3-9H,24H2,1-2H3. The third-order valence-corrected chi connectivity index (χ3v) is 5.46. The van der Waals surface area contributed by atoms with Gasteiger partial charge >= 0.3 is 6.36 Å². The van der Waals surface area contributed by atoms with E-state index in [2.05, 4.69) is 9.72 Å². The second-order valence-corrected chi connectivity index (χ2v) is 7.37. The summed E-state index contributed by atoms with van der Waals surface area (Å²) in [5, 5.41) is 0.139. The van der Waals surface area contributed by atoms with Crippen LogP contribution in [0.1, 0.15) is 15.2 Å². The molecule has 0 aliphatic carbocycles. The van der Waals surface area contributed by atoms with Crippen LogP contribution in [0.3, 0.4) is 0 Å². The van der Waals surface area contributed by atoms with Crippen LogP contribution >= 0.6 is 22.9 Å². The number of methoxy groups -OCH3 is 1. The molecular formula is C19H15ClF3N3O3S. The van der Waals surface area contributed by atoms with Crippen molar-refractivity contribution in [3.8, 4) is 11.5 Å². The van der Waals surface area contributed by atoms with Gasteiger partial charge in [-0.25, -0.2) is 4.98 Å². The highest BCUT2D eigenvalue weighted by molar-refractivity contribution is 7.18. The number of rotatable bonds is 6. The second-order valence-electron chi connectivity index (χ2n) is 5.99. The lowest BCUT2D eigenvalue weighted by Gasteiger charge is -2.17. The van der Waals surface area contributed by atoms with E-state index in [0.717, 1.165) is 17.4 Å². The van der Waals surface area contributed by atoms with Gasteiger partial charge in [-0.05, 0) is 42.5 Å². The molecule has 6 nitrogen and oxygen atoms in total. The minimum absolute atomic E-state index is 0.0470. The fraction of sp³-hybridized carbons (Fsp3) is 0.158. The van der Waals surface area contributed by atoms with Crippen LogP contribution in [0.15, 0.2) is 42.5 Å². The zero-order valence-corrected chi connectivity index (χ0v) is 17.2. The summed E-state index contributed by atoms with van der Waals surface area (Å²) in [5.74, 6) is -0.167. The number of aromatic nitrogens is 1. The Balaban J connectivity index is 1.85. The van der Waals surface area contributed by atoms with Crippen molar-refractivity contribution in [1.29, 1.82) is 0 Å². The van der Waals surface area contributed by atoms with Crippen molar-refractivity contribution in [3.05, 3.63) is 57.9 Å². The first kappa shape index (κ1) is 21.7. The molecule has 1 heterocycles. The SMILES string of the molecule is COc1ccc(C(=O)c2sc(N(C)c3ccc(OC(F)(F)F)c(Cl)c3)nc2N)cc1. The van der Waals surface area contributed by atoms with Crippen LogP contribution in [-0.4, -0.2) is 31.3 Å². The maximum atomic E-state index is 12.8. The van der Waals surface area contributed by atoms with Crippen molar-refractivity contribution in [2.75, 3.05) is 24.8 Å². The van der Waals surface area contributed by atoms with Crippen LogP contribution in [0.5, 0.6) is 11.5 Å². The minimum atomic E-state index is -4.85. The molecule has 0 radical (unpaired) electrons. The monoisotopic (exact) mass is 457 g/mol. The van der Waals surface area contributed by atoms with E-state index in [1.165, 1.54) is 19.2 Å². The summed E-state index contributed by atoms with van der Waals surface area (Å²) in [7, 11) is 3.14. The molecule has 2 aromatic carbocycles. The molecule has 0 bridgehead atoms. The lowest BCUT2D eigenvalue weighted by atomic mass is 10.1. The number of alkyl halides is 3. The van der Waals surface area contributed by atoms with E-state index >= 15 is 0 Å². The quantitative estimate of drug-likeness (QED) is 0.507. The average molecular weight is 458 g/mol. The van der Waals surface area contributed by atoms with Crippen molar-refractivity contribution in [3.63, 3.8) is 0 Å². The van der Waals surface area contributed by atoms with Crippen molar-refractivity contribution >= 4 is 45.4 Å². The Morgan fingerprint density at radius 1 is 1.20 bits per heavy atom. The topological polar surface area (TPSA) is 77.7 Å². The van der Waals surface area contributed by atoms with Gasteiger partial charge in [-0.2, -0.15) is 0 Å². The van der Waals surface area contributed by atoms with Gasteiger partial charge in [-0.1, -0.05) is 22.9 Å². The van der Waals surface area contributed by atoms with Gasteiger partial charge in [0.15, 0.2) is 5.13 Å². The molecule has 0 atom stereocenters. The van der Waals surface area contributed by atoms with Gasteiger partial charge in [0.05, 0.1) is 12.1 Å². The molecule has 3 rings (SSSR count). The molecule has 158 valence electrons. The normalized spacial score (nSPS) is 11.3. The molecule has 1 aromatic heterocycles. The Kier molecular flexibility index (Phi) is 6.09.